The van der Waals surface area contributed by atoms with Crippen LogP contribution in [0.4, 0.5) is 11.6 Å². The van der Waals surface area contributed by atoms with E-state index in [0.29, 0.717) is 43.6 Å². The molecule has 44 heavy (non-hydrogen) atoms. The Hall–Kier alpha value is -3.82. The molecular formula is C35H45N5O3Si. The monoisotopic (exact) mass is 611 g/mol. The van der Waals surface area contributed by atoms with Crippen molar-refractivity contribution in [3.63, 3.8) is 0 Å². The topological polar surface area (TPSA) is 102 Å². The van der Waals surface area contributed by atoms with E-state index in [4.69, 9.17) is 9.41 Å². The highest BCUT2D eigenvalue weighted by Gasteiger charge is 2.53. The predicted molar refractivity (Wildman–Crippen MR) is 177 cm³/mol. The Labute approximate surface area is 262 Å². The number of aromatic nitrogens is 4. The molecule has 1 aliphatic rings. The third-order valence-corrected chi connectivity index (χ3v) is 13.9. The summed E-state index contributed by atoms with van der Waals surface area (Å²) in [5.74, 6) is 0.586. The average Bonchev–Trinajstić information content (AvgIpc) is 3.46. The van der Waals surface area contributed by atoms with E-state index >= 15 is 0 Å². The molecule has 0 saturated heterocycles. The molecule has 0 amide bonds. The molecule has 1 fully saturated rings. The van der Waals surface area contributed by atoms with E-state index in [-0.39, 0.29) is 16.7 Å². The summed E-state index contributed by atoms with van der Waals surface area (Å²) < 4.78 is 9.25. The third kappa shape index (κ3) is 6.35. The number of carboxylic acids is 1. The first-order chi connectivity index (χ1) is 20.8. The van der Waals surface area contributed by atoms with Crippen LogP contribution in [0.25, 0.3) is 0 Å². The van der Waals surface area contributed by atoms with Crippen molar-refractivity contribution >= 4 is 36.3 Å². The number of benzene rings is 2. The van der Waals surface area contributed by atoms with Crippen LogP contribution in [0.5, 0.6) is 0 Å². The van der Waals surface area contributed by atoms with Crippen molar-refractivity contribution in [3.8, 4) is 0 Å². The zero-order valence-corrected chi connectivity index (χ0v) is 27.7. The van der Waals surface area contributed by atoms with Gasteiger partial charge in [-0.05, 0) is 61.9 Å². The van der Waals surface area contributed by atoms with Gasteiger partial charge >= 0.3 is 5.97 Å². The summed E-state index contributed by atoms with van der Waals surface area (Å²) in [5.41, 5.74) is -0.476. The Kier molecular flexibility index (Phi) is 8.82. The van der Waals surface area contributed by atoms with Gasteiger partial charge in [0.15, 0.2) is 0 Å². The van der Waals surface area contributed by atoms with Gasteiger partial charge in [0, 0.05) is 24.8 Å². The fourth-order valence-electron chi connectivity index (χ4n) is 6.63. The van der Waals surface area contributed by atoms with Crippen LogP contribution < -0.4 is 15.7 Å². The molecule has 4 aromatic rings. The van der Waals surface area contributed by atoms with Crippen molar-refractivity contribution in [2.24, 2.45) is 5.41 Å². The number of carboxylic acid groups (broad SMARTS) is 1. The van der Waals surface area contributed by atoms with E-state index in [1.54, 1.807) is 18.6 Å². The van der Waals surface area contributed by atoms with E-state index in [9.17, 15) is 9.90 Å². The van der Waals surface area contributed by atoms with E-state index in [1.807, 2.05) is 22.9 Å². The Morgan fingerprint density at radius 3 is 2.07 bits per heavy atom. The van der Waals surface area contributed by atoms with Gasteiger partial charge in [0.1, 0.15) is 11.6 Å². The van der Waals surface area contributed by atoms with Crippen molar-refractivity contribution < 1.29 is 14.3 Å². The summed E-state index contributed by atoms with van der Waals surface area (Å²) in [6, 6.07) is 23.1. The van der Waals surface area contributed by atoms with Crippen LogP contribution in [0.3, 0.4) is 0 Å². The minimum Gasteiger partial charge on any atom is -0.481 e. The van der Waals surface area contributed by atoms with Gasteiger partial charge in [0.05, 0.1) is 29.0 Å². The number of rotatable bonds is 9. The molecule has 2 heterocycles. The Morgan fingerprint density at radius 2 is 1.55 bits per heavy atom. The van der Waals surface area contributed by atoms with Gasteiger partial charge < -0.3 is 14.8 Å². The van der Waals surface area contributed by atoms with Crippen molar-refractivity contribution in [2.75, 3.05) is 5.32 Å². The first kappa shape index (κ1) is 31.6. The summed E-state index contributed by atoms with van der Waals surface area (Å²) in [5, 5.41) is 20.6. The first-order valence-corrected chi connectivity index (χ1v) is 17.4. The highest BCUT2D eigenvalue weighted by Crippen LogP contribution is 2.44. The van der Waals surface area contributed by atoms with Gasteiger partial charge in [0.2, 0.25) is 0 Å². The van der Waals surface area contributed by atoms with E-state index < -0.39 is 19.7 Å². The molecule has 8 nitrogen and oxygen atoms in total. The molecule has 0 spiro atoms. The Balaban J connectivity index is 1.37. The normalized spacial score (nSPS) is 19.5. The lowest BCUT2D eigenvalue weighted by atomic mass is 9.70. The third-order valence-electron chi connectivity index (χ3n) is 8.84. The maximum atomic E-state index is 12.9. The summed E-state index contributed by atoms with van der Waals surface area (Å²) in [6.45, 7) is 13.1. The number of nitrogens with one attached hydrogen (secondary N) is 1. The number of nitrogens with zero attached hydrogens (tertiary/aromatic N) is 4. The maximum absolute atomic E-state index is 12.9. The molecule has 2 N–H and O–H groups in total. The second-order valence-electron chi connectivity index (χ2n) is 14.1. The van der Waals surface area contributed by atoms with Crippen LogP contribution in [0.2, 0.25) is 5.04 Å². The SMILES string of the molecule is CC(C)(C)n1nccc1Nc1cncc(C[C@]2(C(=O)O)CC[C@@H](O[Si](c3ccccc3)(c3ccccc3)C(C)(C)C)CC2)n1. The summed E-state index contributed by atoms with van der Waals surface area (Å²) in [4.78, 5) is 22.0. The second kappa shape index (κ2) is 12.3. The maximum Gasteiger partial charge on any atom is 0.310 e. The molecule has 2 aromatic heterocycles. The van der Waals surface area contributed by atoms with E-state index in [2.05, 4.69) is 105 Å². The number of hydrogen-bond acceptors (Lipinski definition) is 6. The number of hydrogen-bond donors (Lipinski definition) is 2. The Morgan fingerprint density at radius 1 is 0.955 bits per heavy atom. The predicted octanol–water partition coefficient (Wildman–Crippen LogP) is 6.30. The molecule has 9 heteroatoms. The smallest absolute Gasteiger partial charge is 0.310 e. The standard InChI is InChI=1S/C35H45N5O3Si/c1-33(2,3)40-31(19-22-37-40)39-30-25-36-24-26(38-30)23-35(32(41)42)20-17-27(18-21-35)43-44(34(4,5)6,28-13-9-7-10-14-28)29-15-11-8-12-16-29/h7-16,19,22,24-25,27H,17-18,20-21,23H2,1-6H3,(H,38,39)(H,41,42)/t27-,35+. The lowest BCUT2D eigenvalue weighted by molar-refractivity contribution is -0.152. The van der Waals surface area contributed by atoms with Crippen LogP contribution in [0.1, 0.15) is 72.9 Å². The van der Waals surface area contributed by atoms with Gasteiger partial charge in [-0.3, -0.25) is 9.78 Å². The van der Waals surface area contributed by atoms with Crippen molar-refractivity contribution in [3.05, 3.63) is 91.0 Å². The van der Waals surface area contributed by atoms with Crippen LogP contribution in [0, 0.1) is 5.41 Å². The van der Waals surface area contributed by atoms with Gasteiger partial charge in [-0.15, -0.1) is 0 Å². The summed E-state index contributed by atoms with van der Waals surface area (Å²) in [6.07, 6.45) is 7.74. The van der Waals surface area contributed by atoms with Gasteiger partial charge in [-0.2, -0.15) is 5.10 Å². The largest absolute Gasteiger partial charge is 0.481 e. The summed E-state index contributed by atoms with van der Waals surface area (Å²) in [7, 11) is -2.73. The summed E-state index contributed by atoms with van der Waals surface area (Å²) >= 11 is 0. The lowest BCUT2D eigenvalue weighted by Crippen LogP contribution is -2.68. The zero-order valence-electron chi connectivity index (χ0n) is 26.7. The van der Waals surface area contributed by atoms with Gasteiger partial charge in [-0.25, -0.2) is 9.67 Å². The first-order valence-electron chi connectivity index (χ1n) is 15.5. The van der Waals surface area contributed by atoms with Crippen LogP contribution >= 0.6 is 0 Å². The second-order valence-corrected chi connectivity index (χ2v) is 18.3. The molecule has 0 unspecified atom stereocenters. The quantitative estimate of drug-likeness (QED) is 0.214. The highest BCUT2D eigenvalue weighted by atomic mass is 28.4. The van der Waals surface area contributed by atoms with Crippen LogP contribution in [-0.4, -0.2) is 45.2 Å². The minimum atomic E-state index is -2.73. The van der Waals surface area contributed by atoms with E-state index in [1.165, 1.54) is 10.4 Å². The molecule has 0 radical (unpaired) electrons. The van der Waals surface area contributed by atoms with Crippen LogP contribution in [-0.2, 0) is 21.2 Å². The fraction of sp³-hybridized carbons (Fsp3) is 0.429. The molecule has 0 atom stereocenters. The zero-order chi connectivity index (χ0) is 31.6. The Bertz CT molecular complexity index is 1510. The number of anilines is 2. The lowest BCUT2D eigenvalue weighted by Gasteiger charge is -2.47. The van der Waals surface area contributed by atoms with Crippen molar-refractivity contribution in [2.45, 2.75) is 90.3 Å². The van der Waals surface area contributed by atoms with Crippen molar-refractivity contribution in [1.29, 1.82) is 0 Å². The molecule has 232 valence electrons. The van der Waals surface area contributed by atoms with E-state index in [0.717, 1.165) is 5.82 Å². The fourth-order valence-corrected chi connectivity index (χ4v) is 11.4. The highest BCUT2D eigenvalue weighted by molar-refractivity contribution is 6.99. The number of aliphatic carboxylic acids is 1. The molecule has 5 rings (SSSR count). The van der Waals surface area contributed by atoms with Crippen LogP contribution in [0.15, 0.2) is 85.3 Å². The molecule has 2 aromatic carbocycles. The average molecular weight is 612 g/mol. The minimum absolute atomic E-state index is 0.0365. The van der Waals surface area contributed by atoms with Gasteiger partial charge in [-0.1, -0.05) is 81.4 Å². The molecule has 1 aliphatic carbocycles. The number of carbonyl (C=O) groups is 1. The molecule has 0 bridgehead atoms. The van der Waals surface area contributed by atoms with Crippen molar-refractivity contribution in [1.82, 2.24) is 19.7 Å². The molecule has 0 aliphatic heterocycles. The van der Waals surface area contributed by atoms with Gasteiger partial charge in [0.25, 0.3) is 8.32 Å². The molecular weight excluding hydrogens is 567 g/mol. The molecule has 1 saturated carbocycles.